The Labute approximate surface area is 145 Å². The van der Waals surface area contributed by atoms with E-state index >= 15 is 0 Å². The first-order valence-corrected chi connectivity index (χ1v) is 8.47. The number of hydrogen-bond acceptors (Lipinski definition) is 6. The molecule has 1 aliphatic heterocycles. The summed E-state index contributed by atoms with van der Waals surface area (Å²) in [5.74, 6) is -0.695. The number of alkyl halides is 4. The number of nitrogens with zero attached hydrogens (tertiary/aromatic N) is 2. The normalized spacial score (nSPS) is 21.1. The fourth-order valence-corrected chi connectivity index (χ4v) is 4.08. The van der Waals surface area contributed by atoms with Crippen molar-refractivity contribution in [2.24, 2.45) is 0 Å². The number of halogens is 4. The van der Waals surface area contributed by atoms with Gasteiger partial charge in [0, 0.05) is 17.8 Å². The summed E-state index contributed by atoms with van der Waals surface area (Å²) < 4.78 is 79.6. The van der Waals surface area contributed by atoms with Crippen LogP contribution in [0.5, 0.6) is 11.5 Å². The van der Waals surface area contributed by atoms with E-state index in [9.17, 15) is 31.8 Å². The lowest BCUT2D eigenvalue weighted by molar-refractivity contribution is -0.0448. The van der Waals surface area contributed by atoms with Crippen molar-refractivity contribution in [2.75, 3.05) is 0 Å². The smallest absolute Gasteiger partial charge is 0.371 e. The summed E-state index contributed by atoms with van der Waals surface area (Å²) in [6, 6.07) is 4.61. The number of ether oxygens (including phenoxy) is 1. The predicted molar refractivity (Wildman–Crippen MR) is 81.4 cm³/mol. The number of rotatable bonds is 3. The molecular weight excluding hydrogens is 380 g/mol. The Hall–Kier alpha value is -2.39. The van der Waals surface area contributed by atoms with Crippen LogP contribution >= 0.6 is 10.6 Å². The van der Waals surface area contributed by atoms with Gasteiger partial charge in [0.2, 0.25) is 0 Å². The third kappa shape index (κ3) is 2.58. The van der Waals surface area contributed by atoms with Crippen LogP contribution < -0.4 is 4.74 Å². The van der Waals surface area contributed by atoms with E-state index in [-0.39, 0.29) is 11.3 Å². The molecule has 6 nitrogen and oxygen atoms in total. The molecule has 0 radical (unpaired) electrons. The second-order valence-corrected chi connectivity index (χ2v) is 7.41. The Bertz CT molecular complexity index is 917. The van der Waals surface area contributed by atoms with Crippen molar-refractivity contribution in [3.8, 4) is 17.6 Å². The molecule has 2 heterocycles. The number of aliphatic hydroxyl groups excluding tert-OH is 1. The van der Waals surface area contributed by atoms with E-state index in [0.717, 1.165) is 18.3 Å². The second-order valence-electron chi connectivity index (χ2n) is 5.33. The standard InChI is InChI=1S/C15H10F4N2O4S/c16-14(17)11-9(25-8-3-7(4-20)5-21-6-8)1-2-10-12(11)13(22)15(18,19)26(10,23)24/h1-3,5-6,13-14,22-24H. The van der Waals surface area contributed by atoms with Crippen LogP contribution in [0.2, 0.25) is 0 Å². The topological polar surface area (TPSA) is 107 Å². The monoisotopic (exact) mass is 390 g/mol. The number of nitriles is 1. The molecule has 11 heteroatoms. The van der Waals surface area contributed by atoms with E-state index in [1.807, 2.05) is 0 Å². The van der Waals surface area contributed by atoms with Crippen molar-refractivity contribution in [3.63, 3.8) is 0 Å². The SMILES string of the molecule is N#Cc1cncc(Oc2ccc3c(c2C(F)F)C(O)C(F)(F)S3(O)O)c1. The maximum atomic E-state index is 14.0. The Morgan fingerprint density at radius 3 is 2.58 bits per heavy atom. The van der Waals surface area contributed by atoms with Gasteiger partial charge in [-0.2, -0.15) is 14.0 Å². The van der Waals surface area contributed by atoms with Gasteiger partial charge in [-0.25, -0.2) is 8.78 Å². The van der Waals surface area contributed by atoms with Crippen molar-refractivity contribution in [1.82, 2.24) is 4.98 Å². The van der Waals surface area contributed by atoms with Crippen LogP contribution in [0.1, 0.15) is 29.2 Å². The minimum absolute atomic E-state index is 0.0722. The van der Waals surface area contributed by atoms with E-state index < -0.39 is 50.1 Å². The van der Waals surface area contributed by atoms with E-state index in [2.05, 4.69) is 4.98 Å². The Kier molecular flexibility index (Phi) is 4.32. The highest BCUT2D eigenvalue weighted by Crippen LogP contribution is 2.73. The summed E-state index contributed by atoms with van der Waals surface area (Å²) in [4.78, 5) is 2.82. The average Bonchev–Trinajstić information content (AvgIpc) is 2.72. The molecule has 1 aromatic carbocycles. The number of aromatic nitrogens is 1. The molecule has 26 heavy (non-hydrogen) atoms. The fraction of sp³-hybridized carbons (Fsp3) is 0.200. The molecule has 0 saturated heterocycles. The van der Waals surface area contributed by atoms with Crippen molar-refractivity contribution in [1.29, 1.82) is 5.26 Å². The minimum atomic E-state index is -4.82. The molecule has 1 aliphatic rings. The molecule has 0 spiro atoms. The van der Waals surface area contributed by atoms with Crippen LogP contribution in [0.15, 0.2) is 35.5 Å². The van der Waals surface area contributed by atoms with Crippen molar-refractivity contribution >= 4 is 10.6 Å². The molecular formula is C15H10F4N2O4S. The van der Waals surface area contributed by atoms with Gasteiger partial charge in [-0.1, -0.05) is 0 Å². The maximum Gasteiger partial charge on any atom is 0.371 e. The first kappa shape index (κ1) is 18.4. The van der Waals surface area contributed by atoms with Gasteiger partial charge in [0.05, 0.1) is 22.2 Å². The maximum absolute atomic E-state index is 14.0. The van der Waals surface area contributed by atoms with Gasteiger partial charge in [-0.05, 0) is 12.1 Å². The molecule has 0 bridgehead atoms. The van der Waals surface area contributed by atoms with Gasteiger partial charge in [-0.15, -0.1) is 10.6 Å². The lowest BCUT2D eigenvalue weighted by Crippen LogP contribution is -2.26. The van der Waals surface area contributed by atoms with Crippen molar-refractivity contribution < 1.29 is 36.5 Å². The zero-order chi connectivity index (χ0) is 19.3. The quantitative estimate of drug-likeness (QED) is 0.670. The summed E-state index contributed by atoms with van der Waals surface area (Å²) in [7, 11) is -4.82. The largest absolute Gasteiger partial charge is 0.455 e. The number of hydrogen-bond donors (Lipinski definition) is 3. The summed E-state index contributed by atoms with van der Waals surface area (Å²) in [6.45, 7) is 0. The van der Waals surface area contributed by atoms with Crippen LogP contribution in [-0.2, 0) is 0 Å². The molecule has 1 atom stereocenters. The lowest BCUT2D eigenvalue weighted by atomic mass is 10.0. The number of fused-ring (bicyclic) bond motifs is 1. The number of benzene rings is 1. The highest BCUT2D eigenvalue weighted by molar-refractivity contribution is 8.25. The molecule has 138 valence electrons. The zero-order valence-electron chi connectivity index (χ0n) is 12.6. The molecule has 1 aromatic heterocycles. The average molecular weight is 390 g/mol. The Balaban J connectivity index is 2.16. The molecule has 0 fully saturated rings. The summed E-state index contributed by atoms with van der Waals surface area (Å²) in [6.07, 6.45) is -3.88. The number of pyridine rings is 1. The molecule has 2 aromatic rings. The van der Waals surface area contributed by atoms with Gasteiger partial charge >= 0.3 is 5.25 Å². The summed E-state index contributed by atoms with van der Waals surface area (Å²) in [5.41, 5.74) is -2.00. The third-order valence-corrected chi connectivity index (χ3v) is 5.72. The lowest BCUT2D eigenvalue weighted by Gasteiger charge is -2.34. The summed E-state index contributed by atoms with van der Waals surface area (Å²) >= 11 is 0. The Morgan fingerprint density at radius 1 is 1.27 bits per heavy atom. The van der Waals surface area contributed by atoms with Crippen LogP contribution in [0, 0.1) is 11.3 Å². The molecule has 0 aliphatic carbocycles. The van der Waals surface area contributed by atoms with Crippen LogP contribution in [0.4, 0.5) is 17.6 Å². The van der Waals surface area contributed by atoms with E-state index in [4.69, 9.17) is 10.00 Å². The molecule has 3 rings (SSSR count). The van der Waals surface area contributed by atoms with Crippen LogP contribution in [-0.4, -0.2) is 24.5 Å². The van der Waals surface area contributed by atoms with Crippen LogP contribution in [0.3, 0.4) is 0 Å². The van der Waals surface area contributed by atoms with Gasteiger partial charge in [0.1, 0.15) is 17.6 Å². The zero-order valence-corrected chi connectivity index (χ0v) is 13.4. The van der Waals surface area contributed by atoms with Crippen LogP contribution in [0.25, 0.3) is 0 Å². The summed E-state index contributed by atoms with van der Waals surface area (Å²) in [5, 5.41) is 14.1. The fourth-order valence-electron chi connectivity index (χ4n) is 2.57. The molecule has 1 unspecified atom stereocenters. The second kappa shape index (κ2) is 6.10. The van der Waals surface area contributed by atoms with Crippen molar-refractivity contribution in [2.45, 2.75) is 22.7 Å². The minimum Gasteiger partial charge on any atom is -0.455 e. The van der Waals surface area contributed by atoms with E-state index in [0.29, 0.717) is 0 Å². The van der Waals surface area contributed by atoms with E-state index in [1.165, 1.54) is 12.3 Å². The molecule has 0 saturated carbocycles. The van der Waals surface area contributed by atoms with Gasteiger partial charge in [0.15, 0.2) is 6.10 Å². The van der Waals surface area contributed by atoms with Gasteiger partial charge in [-0.3, -0.25) is 14.1 Å². The highest BCUT2D eigenvalue weighted by atomic mass is 32.3. The van der Waals surface area contributed by atoms with E-state index in [1.54, 1.807) is 6.07 Å². The molecule has 3 N–H and O–H groups in total. The first-order valence-electron chi connectivity index (χ1n) is 6.93. The van der Waals surface area contributed by atoms with Gasteiger partial charge in [0.25, 0.3) is 6.43 Å². The predicted octanol–water partition coefficient (Wildman–Crippen LogP) is 4.43. The number of aliphatic hydroxyl groups is 1. The Morgan fingerprint density at radius 2 is 1.96 bits per heavy atom. The highest BCUT2D eigenvalue weighted by Gasteiger charge is 2.61. The molecule has 0 amide bonds. The van der Waals surface area contributed by atoms with Crippen molar-refractivity contribution in [3.05, 3.63) is 47.3 Å². The first-order chi connectivity index (χ1) is 12.1. The third-order valence-electron chi connectivity index (χ3n) is 3.77. The van der Waals surface area contributed by atoms with Gasteiger partial charge < -0.3 is 9.84 Å².